The lowest BCUT2D eigenvalue weighted by Gasteiger charge is -2.34. The Bertz CT molecular complexity index is 747. The highest BCUT2D eigenvalue weighted by molar-refractivity contribution is 5.76. The summed E-state index contributed by atoms with van der Waals surface area (Å²) >= 11 is 0. The van der Waals surface area contributed by atoms with Gasteiger partial charge in [0.1, 0.15) is 13.2 Å². The van der Waals surface area contributed by atoms with Crippen molar-refractivity contribution in [3.05, 3.63) is 36.2 Å². The SMILES string of the molecule is O=C(CCc1cn[nH]c1)N1CCCC(Nc2ccc3c(c2)OCCO3)C1. The van der Waals surface area contributed by atoms with E-state index in [1.54, 1.807) is 6.20 Å². The molecule has 0 spiro atoms. The van der Waals surface area contributed by atoms with Gasteiger partial charge in [0, 0.05) is 43.5 Å². The Morgan fingerprint density at radius 3 is 3.04 bits per heavy atom. The molecule has 26 heavy (non-hydrogen) atoms. The summed E-state index contributed by atoms with van der Waals surface area (Å²) in [7, 11) is 0. The van der Waals surface area contributed by atoms with E-state index in [1.165, 1.54) is 0 Å². The Morgan fingerprint density at radius 2 is 2.19 bits per heavy atom. The van der Waals surface area contributed by atoms with Gasteiger partial charge in [-0.2, -0.15) is 5.10 Å². The number of ether oxygens (including phenoxy) is 2. The first-order valence-corrected chi connectivity index (χ1v) is 9.19. The molecule has 138 valence electrons. The molecule has 7 nitrogen and oxygen atoms in total. The molecule has 1 aromatic carbocycles. The van der Waals surface area contributed by atoms with Crippen LogP contribution in [0.15, 0.2) is 30.6 Å². The van der Waals surface area contributed by atoms with Gasteiger partial charge in [-0.05, 0) is 37.0 Å². The van der Waals surface area contributed by atoms with E-state index in [4.69, 9.17) is 9.47 Å². The highest BCUT2D eigenvalue weighted by Gasteiger charge is 2.24. The molecule has 7 heteroatoms. The fourth-order valence-electron chi connectivity index (χ4n) is 3.51. The minimum Gasteiger partial charge on any atom is -0.486 e. The third-order valence-electron chi connectivity index (χ3n) is 4.87. The molecule has 2 aromatic rings. The zero-order valence-electron chi connectivity index (χ0n) is 14.7. The minimum atomic E-state index is 0.208. The monoisotopic (exact) mass is 356 g/mol. The minimum absolute atomic E-state index is 0.208. The second-order valence-electron chi connectivity index (χ2n) is 6.79. The summed E-state index contributed by atoms with van der Waals surface area (Å²) in [5.74, 6) is 1.78. The van der Waals surface area contributed by atoms with Crippen LogP contribution >= 0.6 is 0 Å². The summed E-state index contributed by atoms with van der Waals surface area (Å²) in [4.78, 5) is 14.5. The number of carbonyl (C=O) groups is 1. The van der Waals surface area contributed by atoms with Gasteiger partial charge in [0.05, 0.1) is 6.20 Å². The standard InChI is InChI=1S/C19H24N4O3/c24-19(6-3-14-11-20-21-12-14)23-7-1-2-16(13-23)22-15-4-5-17-18(10-15)26-9-8-25-17/h4-5,10-12,16,22H,1-3,6-9,13H2,(H,20,21). The van der Waals surface area contributed by atoms with Crippen LogP contribution in [-0.2, 0) is 11.2 Å². The highest BCUT2D eigenvalue weighted by atomic mass is 16.6. The highest BCUT2D eigenvalue weighted by Crippen LogP contribution is 2.33. The van der Waals surface area contributed by atoms with Crippen molar-refractivity contribution >= 4 is 11.6 Å². The first-order chi connectivity index (χ1) is 12.8. The van der Waals surface area contributed by atoms with Crippen molar-refractivity contribution in [1.29, 1.82) is 0 Å². The van der Waals surface area contributed by atoms with E-state index in [0.29, 0.717) is 19.6 Å². The molecule has 1 fully saturated rings. The lowest BCUT2D eigenvalue weighted by Crippen LogP contribution is -2.45. The van der Waals surface area contributed by atoms with Crippen molar-refractivity contribution in [2.75, 3.05) is 31.6 Å². The van der Waals surface area contributed by atoms with Gasteiger partial charge in [0.25, 0.3) is 0 Å². The molecule has 2 aliphatic heterocycles. The first kappa shape index (κ1) is 16.8. The molecule has 3 heterocycles. The van der Waals surface area contributed by atoms with E-state index in [1.807, 2.05) is 29.3 Å². The number of amides is 1. The smallest absolute Gasteiger partial charge is 0.222 e. The Labute approximate surface area is 152 Å². The number of piperidine rings is 1. The van der Waals surface area contributed by atoms with E-state index in [9.17, 15) is 4.79 Å². The lowest BCUT2D eigenvalue weighted by atomic mass is 10.0. The molecular weight excluding hydrogens is 332 g/mol. The Balaban J connectivity index is 1.32. The van der Waals surface area contributed by atoms with Crippen LogP contribution in [0.3, 0.4) is 0 Å². The zero-order valence-corrected chi connectivity index (χ0v) is 14.7. The average Bonchev–Trinajstić information content (AvgIpc) is 3.20. The van der Waals surface area contributed by atoms with Crippen molar-refractivity contribution in [3.8, 4) is 11.5 Å². The van der Waals surface area contributed by atoms with Crippen molar-refractivity contribution in [2.45, 2.75) is 31.7 Å². The molecular formula is C19H24N4O3. The zero-order chi connectivity index (χ0) is 17.8. The third-order valence-corrected chi connectivity index (χ3v) is 4.87. The number of aromatic amines is 1. The number of benzene rings is 1. The van der Waals surface area contributed by atoms with Crippen LogP contribution in [0.4, 0.5) is 5.69 Å². The average molecular weight is 356 g/mol. The summed E-state index contributed by atoms with van der Waals surface area (Å²) in [6, 6.07) is 6.18. The number of nitrogens with zero attached hydrogens (tertiary/aromatic N) is 2. The number of H-pyrrole nitrogens is 1. The van der Waals surface area contributed by atoms with Gasteiger partial charge in [-0.3, -0.25) is 9.89 Å². The van der Waals surface area contributed by atoms with Crippen LogP contribution in [0, 0.1) is 0 Å². The predicted molar refractivity (Wildman–Crippen MR) is 97.6 cm³/mol. The number of fused-ring (bicyclic) bond motifs is 1. The van der Waals surface area contributed by atoms with Gasteiger partial charge in [0.2, 0.25) is 5.91 Å². The van der Waals surface area contributed by atoms with Gasteiger partial charge in [-0.25, -0.2) is 0 Å². The number of aryl methyl sites for hydroxylation is 1. The van der Waals surface area contributed by atoms with E-state index in [-0.39, 0.29) is 11.9 Å². The molecule has 2 N–H and O–H groups in total. The van der Waals surface area contributed by atoms with Crippen molar-refractivity contribution in [2.24, 2.45) is 0 Å². The molecule has 0 saturated carbocycles. The van der Waals surface area contributed by atoms with E-state index >= 15 is 0 Å². The molecule has 1 saturated heterocycles. The number of anilines is 1. The fraction of sp³-hybridized carbons (Fsp3) is 0.474. The molecule has 1 atom stereocenters. The summed E-state index contributed by atoms with van der Waals surface area (Å²) in [6.45, 7) is 2.75. The maximum Gasteiger partial charge on any atom is 0.222 e. The Kier molecular flexibility index (Phi) is 4.95. The number of likely N-dealkylation sites (tertiary alicyclic amines) is 1. The van der Waals surface area contributed by atoms with E-state index in [2.05, 4.69) is 15.5 Å². The Hall–Kier alpha value is -2.70. The van der Waals surface area contributed by atoms with Crippen LogP contribution in [0.25, 0.3) is 0 Å². The lowest BCUT2D eigenvalue weighted by molar-refractivity contribution is -0.132. The van der Waals surface area contributed by atoms with Gasteiger partial charge >= 0.3 is 0 Å². The molecule has 0 radical (unpaired) electrons. The van der Waals surface area contributed by atoms with Crippen LogP contribution < -0.4 is 14.8 Å². The van der Waals surface area contributed by atoms with Gasteiger partial charge < -0.3 is 19.7 Å². The van der Waals surface area contributed by atoms with Crippen molar-refractivity contribution in [3.63, 3.8) is 0 Å². The molecule has 0 bridgehead atoms. The molecule has 0 aliphatic carbocycles. The second-order valence-corrected chi connectivity index (χ2v) is 6.79. The molecule has 1 aromatic heterocycles. The summed E-state index contributed by atoms with van der Waals surface area (Å²) in [5, 5.41) is 10.2. The summed E-state index contributed by atoms with van der Waals surface area (Å²) in [6.07, 6.45) is 6.94. The second kappa shape index (κ2) is 7.68. The fourth-order valence-corrected chi connectivity index (χ4v) is 3.51. The van der Waals surface area contributed by atoms with E-state index in [0.717, 1.165) is 55.1 Å². The van der Waals surface area contributed by atoms with Crippen LogP contribution in [0.5, 0.6) is 11.5 Å². The van der Waals surface area contributed by atoms with Gasteiger partial charge in [0.15, 0.2) is 11.5 Å². The number of nitrogens with one attached hydrogen (secondary N) is 2. The normalized spacial score (nSPS) is 19.2. The van der Waals surface area contributed by atoms with Gasteiger partial charge in [-0.15, -0.1) is 0 Å². The number of carbonyl (C=O) groups excluding carboxylic acids is 1. The summed E-state index contributed by atoms with van der Waals surface area (Å²) < 4.78 is 11.2. The molecule has 1 amide bonds. The van der Waals surface area contributed by atoms with Gasteiger partial charge in [-0.1, -0.05) is 0 Å². The molecule has 4 rings (SSSR count). The molecule has 1 unspecified atom stereocenters. The summed E-state index contributed by atoms with van der Waals surface area (Å²) in [5.41, 5.74) is 2.08. The number of rotatable bonds is 5. The quantitative estimate of drug-likeness (QED) is 0.859. The predicted octanol–water partition coefficient (Wildman–Crippen LogP) is 2.22. The maximum atomic E-state index is 12.5. The first-order valence-electron chi connectivity index (χ1n) is 9.19. The largest absolute Gasteiger partial charge is 0.486 e. The maximum absolute atomic E-state index is 12.5. The van der Waals surface area contributed by atoms with E-state index < -0.39 is 0 Å². The van der Waals surface area contributed by atoms with Crippen molar-refractivity contribution < 1.29 is 14.3 Å². The number of aromatic nitrogens is 2. The topological polar surface area (TPSA) is 79.5 Å². The van der Waals surface area contributed by atoms with Crippen molar-refractivity contribution in [1.82, 2.24) is 15.1 Å². The number of hydrogen-bond donors (Lipinski definition) is 2. The Morgan fingerprint density at radius 1 is 1.31 bits per heavy atom. The van der Waals surface area contributed by atoms with Crippen LogP contribution in [0.1, 0.15) is 24.8 Å². The van der Waals surface area contributed by atoms with Crippen LogP contribution in [-0.4, -0.2) is 53.3 Å². The third kappa shape index (κ3) is 3.92. The number of hydrogen-bond acceptors (Lipinski definition) is 5. The molecule has 2 aliphatic rings. The van der Waals surface area contributed by atoms with Crippen LogP contribution in [0.2, 0.25) is 0 Å².